The number of morpholine rings is 4. The van der Waals surface area contributed by atoms with Gasteiger partial charge in [-0.15, -0.1) is 45.3 Å². The van der Waals surface area contributed by atoms with Gasteiger partial charge in [-0.2, -0.15) is 0 Å². The summed E-state index contributed by atoms with van der Waals surface area (Å²) >= 11 is 34.1. The Kier molecular flexibility index (Phi) is 35.3. The maximum atomic E-state index is 13.8. The van der Waals surface area contributed by atoms with E-state index < -0.39 is 114 Å². The first kappa shape index (κ1) is 101. The monoisotopic (exact) mass is 2060 g/mol. The van der Waals surface area contributed by atoms with Crippen LogP contribution in [0, 0.1) is 17.5 Å². The van der Waals surface area contributed by atoms with Crippen LogP contribution in [0.3, 0.4) is 0 Å². The first-order valence-corrected chi connectivity index (χ1v) is 46.8. The minimum absolute atomic E-state index is 0.0246. The number of aromatic nitrogens is 4. The van der Waals surface area contributed by atoms with Crippen molar-refractivity contribution < 1.29 is 110 Å². The minimum Gasteiger partial charge on any atom is -0.480 e. The highest BCUT2D eigenvalue weighted by Crippen LogP contribution is 2.43. The number of carbonyl (C=O) groups excluding carboxylic acids is 4. The molecule has 8 aliphatic heterocycles. The van der Waals surface area contributed by atoms with Gasteiger partial charge in [0.15, 0.2) is 55.6 Å². The Morgan fingerprint density at radius 3 is 1.08 bits per heavy atom. The van der Waals surface area contributed by atoms with Gasteiger partial charge in [0, 0.05) is 176 Å². The number of thiazole rings is 4. The second-order valence-corrected chi connectivity index (χ2v) is 35.8. The van der Waals surface area contributed by atoms with E-state index in [0.717, 1.165) is 6.07 Å². The lowest BCUT2D eigenvalue weighted by Gasteiger charge is -2.35. The molecule has 16 rings (SSSR count). The quantitative estimate of drug-likeness (QED) is 0.0184. The number of ether oxygens (including phenoxy) is 8. The van der Waals surface area contributed by atoms with Crippen LogP contribution in [0.5, 0.6) is 0 Å². The number of nitrogens with one attached hydrogen (secondary N) is 4. The first-order valence-electron chi connectivity index (χ1n) is 41.0. The van der Waals surface area contributed by atoms with Gasteiger partial charge in [0.25, 0.3) is 0 Å². The highest BCUT2D eigenvalue weighted by atomic mass is 79.9. The zero-order chi connectivity index (χ0) is 95.6. The number of esters is 4. The minimum atomic E-state index is -1.05. The molecule has 0 saturated carbocycles. The molecule has 8 unspecified atom stereocenters. The third-order valence-corrected chi connectivity index (χ3v) is 26.3. The number of carboxylic acids is 4. The Hall–Kier alpha value is -10.9. The first-order chi connectivity index (χ1) is 64.5. The van der Waals surface area contributed by atoms with E-state index in [-0.39, 0.29) is 111 Å². The standard InChI is InChI=1S/C22H22BrFN4O5S.C22H22ClFN4O5S.C21H20Cl2N4O5S.C21H20ClFN4O5S/c2*1-2-32-22(31)17-15(10-28-6-7-33-16(11-28)21(29)30)26-19(20-25-5-8-34-20)27-18(17)13-4-3-12(24)9-14(13)23;1-31-21(30)16-14(9-27-5-6-32-10-15(27)20(28)29)25-18(19-24-4-7-33-19)26-17(16)12-3-2-11(22)8-13(12)23;1-31-21(30)16-14(9-27-5-6-32-10-15(27)20(28)29)25-18(19-24-4-7-33-19)26-17(16)12-3-2-11(23)8-13(12)22/h2*3-5,8-9,16,18H,2,6-7,10-11H2,1H3,(H,26,27)(H,29,30);2*2-4,7-8,15,17H,5-6,9-10H2,1H3,(H,25,26)(H,28,29). The smallest absolute Gasteiger partial charge is 0.338 e. The molecule has 8 N–H and O–H groups in total. The number of methoxy groups -OCH3 is 2. The van der Waals surface area contributed by atoms with Crippen molar-refractivity contribution in [1.29, 1.82) is 0 Å². The molecule has 134 heavy (non-hydrogen) atoms. The summed E-state index contributed by atoms with van der Waals surface area (Å²) in [4.78, 5) is 142. The number of carbonyl (C=O) groups is 8. The van der Waals surface area contributed by atoms with Crippen molar-refractivity contribution in [3.63, 3.8) is 0 Å². The lowest BCUT2D eigenvalue weighted by atomic mass is 9.95. The van der Waals surface area contributed by atoms with Gasteiger partial charge in [-0.1, -0.05) is 86.6 Å². The van der Waals surface area contributed by atoms with E-state index in [1.807, 2.05) is 20.6 Å². The lowest BCUT2D eigenvalue weighted by molar-refractivity contribution is -0.156. The van der Waals surface area contributed by atoms with Crippen molar-refractivity contribution in [3.05, 3.63) is 248 Å². The number of halogens is 8. The van der Waals surface area contributed by atoms with E-state index in [9.17, 15) is 72.0 Å². The predicted molar refractivity (Wildman–Crippen MR) is 492 cm³/mol. The summed E-state index contributed by atoms with van der Waals surface area (Å²) in [5.74, 6) is -6.29. The van der Waals surface area contributed by atoms with Crippen LogP contribution in [0.4, 0.5) is 13.2 Å². The Balaban J connectivity index is 0.000000152. The number of amidine groups is 4. The van der Waals surface area contributed by atoms with Gasteiger partial charge in [0.2, 0.25) is 0 Å². The number of aliphatic imine (C=N–C) groups is 4. The second kappa shape index (κ2) is 47.0. The van der Waals surface area contributed by atoms with E-state index in [1.54, 1.807) is 83.5 Å². The molecule has 708 valence electrons. The molecule has 8 atom stereocenters. The number of aliphatic carboxylic acids is 4. The average Bonchev–Trinajstić information content (AvgIpc) is 1.52. The molecule has 4 aromatic carbocycles. The van der Waals surface area contributed by atoms with Crippen LogP contribution in [0.1, 0.15) is 80.3 Å². The Morgan fingerprint density at radius 2 is 0.769 bits per heavy atom. The molecule has 4 saturated heterocycles. The van der Waals surface area contributed by atoms with Crippen LogP contribution in [-0.4, -0.2) is 288 Å². The van der Waals surface area contributed by atoms with E-state index in [4.69, 9.17) is 99.3 Å². The summed E-state index contributed by atoms with van der Waals surface area (Å²) in [6, 6.07) is 11.8. The van der Waals surface area contributed by atoms with E-state index in [2.05, 4.69) is 62.1 Å². The van der Waals surface area contributed by atoms with Crippen molar-refractivity contribution in [3.8, 4) is 0 Å². The molecule has 0 aliphatic carbocycles. The number of rotatable bonds is 26. The van der Waals surface area contributed by atoms with Crippen LogP contribution in [0.2, 0.25) is 20.1 Å². The van der Waals surface area contributed by atoms with Crippen molar-refractivity contribution in [1.82, 2.24) is 60.8 Å². The summed E-state index contributed by atoms with van der Waals surface area (Å²) in [6.07, 6.45) is 4.61. The van der Waals surface area contributed by atoms with E-state index in [0.29, 0.717) is 142 Å². The van der Waals surface area contributed by atoms with E-state index >= 15 is 0 Å². The van der Waals surface area contributed by atoms with Crippen molar-refractivity contribution >= 4 is 179 Å². The number of hydrogen-bond donors (Lipinski definition) is 8. The SMILES string of the molecule is CCOC(=O)C1=C(CN2CCOC(C(=O)O)C2)NC(c2nccs2)=NC1c1ccc(F)cc1Br.CCOC(=O)C1=C(CN2CCOC(C(=O)O)C2)NC(c2nccs2)=NC1c1ccc(F)cc1Cl.COC(=O)C1=C(CN2CCOCC2C(=O)O)NC(c2nccs2)=NC1c1ccc(Cl)cc1Cl.COC(=O)C1=C(CN2CCOCC2C(=O)O)NC(c2nccs2)=NC1c1ccc(F)cc1Cl. The molecule has 48 heteroatoms. The fraction of sp³-hybridized carbons (Fsp3) is 0.349. The van der Waals surface area contributed by atoms with Crippen LogP contribution in [0.25, 0.3) is 0 Å². The van der Waals surface area contributed by atoms with Crippen LogP contribution in [0.15, 0.2) is 189 Å². The normalized spacial score (nSPS) is 21.2. The van der Waals surface area contributed by atoms with Crippen molar-refractivity contribution in [2.75, 3.05) is 133 Å². The fourth-order valence-corrected chi connectivity index (χ4v) is 19.0. The Bertz CT molecular complexity index is 5590. The largest absolute Gasteiger partial charge is 0.480 e. The highest BCUT2D eigenvalue weighted by molar-refractivity contribution is 9.10. The molecule has 0 bridgehead atoms. The van der Waals surface area contributed by atoms with Gasteiger partial charge in [-0.05, 0) is 67.9 Å². The molecular formula is C86H84BrCl4F3N16O20S4. The molecule has 8 aromatic rings. The Morgan fingerprint density at radius 1 is 0.440 bits per heavy atom. The van der Waals surface area contributed by atoms with Gasteiger partial charge in [-0.25, -0.2) is 61.9 Å². The zero-order valence-electron chi connectivity index (χ0n) is 71.2. The van der Waals surface area contributed by atoms with E-state index in [1.165, 1.54) is 102 Å². The number of benzene rings is 4. The molecule has 0 radical (unpaired) electrons. The van der Waals surface area contributed by atoms with Gasteiger partial charge >= 0.3 is 47.8 Å². The summed E-state index contributed by atoms with van der Waals surface area (Å²) in [7, 11) is 2.52. The second-order valence-electron chi connectivity index (χ2n) is 29.7. The molecule has 0 amide bonds. The van der Waals surface area contributed by atoms with Crippen LogP contribution < -0.4 is 21.3 Å². The van der Waals surface area contributed by atoms with Gasteiger partial charge in [-0.3, -0.25) is 49.2 Å². The molecular weight excluding hydrogens is 1980 g/mol. The van der Waals surface area contributed by atoms with Gasteiger partial charge in [0.05, 0.1) is 89.4 Å². The average molecular weight is 2070 g/mol. The van der Waals surface area contributed by atoms with Crippen LogP contribution in [-0.2, 0) is 76.3 Å². The number of carboxylic acid groups (broad SMARTS) is 4. The fourth-order valence-electron chi connectivity index (χ4n) is 15.0. The third-order valence-electron chi connectivity index (χ3n) is 21.3. The topological polar surface area (TPSA) is 453 Å². The third kappa shape index (κ3) is 24.9. The number of hydrogen-bond acceptors (Lipinski definition) is 36. The summed E-state index contributed by atoms with van der Waals surface area (Å²) in [5.41, 5.74) is 4.73. The van der Waals surface area contributed by atoms with Crippen molar-refractivity contribution in [2.45, 2.75) is 62.3 Å². The van der Waals surface area contributed by atoms with Crippen molar-refractivity contribution in [2.24, 2.45) is 20.0 Å². The molecule has 36 nitrogen and oxygen atoms in total. The number of nitrogens with zero attached hydrogens (tertiary/aromatic N) is 12. The molecule has 8 aliphatic rings. The molecule has 4 fully saturated rings. The molecule has 4 aromatic heterocycles. The highest BCUT2D eigenvalue weighted by Gasteiger charge is 2.43. The van der Waals surface area contributed by atoms with Gasteiger partial charge < -0.3 is 79.6 Å². The summed E-state index contributed by atoms with van der Waals surface area (Å²) in [5, 5.41) is 61.3. The van der Waals surface area contributed by atoms with Crippen LogP contribution >= 0.6 is 108 Å². The summed E-state index contributed by atoms with van der Waals surface area (Å²) in [6.45, 7) is 7.65. The lowest BCUT2D eigenvalue weighted by Crippen LogP contribution is -2.52. The molecule has 0 spiro atoms. The predicted octanol–water partition coefficient (Wildman–Crippen LogP) is 10.4. The summed E-state index contributed by atoms with van der Waals surface area (Å²) < 4.78 is 83.9. The molecule has 12 heterocycles. The zero-order valence-corrected chi connectivity index (χ0v) is 79.1. The maximum Gasteiger partial charge on any atom is 0.338 e. The van der Waals surface area contributed by atoms with Gasteiger partial charge in [0.1, 0.15) is 53.7 Å². The maximum absolute atomic E-state index is 13.8. The Labute approximate surface area is 807 Å².